The minimum Gasteiger partial charge on any atom is -0.481 e. The number of hydrogen-bond acceptors (Lipinski definition) is 3. The Morgan fingerprint density at radius 2 is 1.83 bits per heavy atom. The maximum atomic E-state index is 11.9. The predicted molar refractivity (Wildman–Crippen MR) is 93.4 cm³/mol. The van der Waals surface area contributed by atoms with Gasteiger partial charge < -0.3 is 4.74 Å². The Morgan fingerprint density at radius 1 is 1.13 bits per heavy atom. The molecule has 0 aliphatic carbocycles. The second-order valence-electron chi connectivity index (χ2n) is 5.10. The topological polar surface area (TPSA) is 50.7 Å². The SMILES string of the molecule is Cc1ccc(OC(C)C(=O)N/N=C/C=C/c2ccccc2)cc1. The van der Waals surface area contributed by atoms with Gasteiger partial charge in [-0.2, -0.15) is 5.10 Å². The van der Waals surface area contributed by atoms with E-state index in [4.69, 9.17) is 4.74 Å². The summed E-state index contributed by atoms with van der Waals surface area (Å²) < 4.78 is 5.55. The van der Waals surface area contributed by atoms with E-state index in [1.807, 2.05) is 67.6 Å². The standard InChI is InChI=1S/C19H20N2O2/c1-15-10-12-18(13-11-15)23-16(2)19(22)21-20-14-6-9-17-7-4-3-5-8-17/h3-14,16H,1-2H3,(H,21,22)/b9-6+,20-14+. The fraction of sp³-hybridized carbons (Fsp3) is 0.158. The summed E-state index contributed by atoms with van der Waals surface area (Å²) in [6.07, 6.45) is 4.58. The number of aryl methyl sites for hydroxylation is 1. The minimum atomic E-state index is -0.618. The normalized spacial score (nSPS) is 12.4. The van der Waals surface area contributed by atoms with Gasteiger partial charge in [0, 0.05) is 6.21 Å². The molecule has 0 saturated heterocycles. The van der Waals surface area contributed by atoms with Crippen LogP contribution >= 0.6 is 0 Å². The molecule has 23 heavy (non-hydrogen) atoms. The Balaban J connectivity index is 1.78. The Bertz CT molecular complexity index is 676. The Morgan fingerprint density at radius 3 is 2.52 bits per heavy atom. The lowest BCUT2D eigenvalue weighted by Crippen LogP contribution is -2.33. The molecule has 0 aliphatic heterocycles. The Hall–Kier alpha value is -2.88. The highest BCUT2D eigenvalue weighted by Gasteiger charge is 2.13. The molecule has 4 nitrogen and oxygen atoms in total. The Kier molecular flexibility index (Phi) is 6.12. The van der Waals surface area contributed by atoms with Crippen LogP contribution in [0.3, 0.4) is 0 Å². The molecule has 118 valence electrons. The van der Waals surface area contributed by atoms with Gasteiger partial charge in [-0.1, -0.05) is 54.1 Å². The van der Waals surface area contributed by atoms with Crippen LogP contribution in [0.4, 0.5) is 0 Å². The number of rotatable bonds is 6. The van der Waals surface area contributed by atoms with Crippen LogP contribution in [-0.2, 0) is 4.79 Å². The van der Waals surface area contributed by atoms with Gasteiger partial charge in [0.2, 0.25) is 0 Å². The van der Waals surface area contributed by atoms with Crippen LogP contribution in [0.1, 0.15) is 18.1 Å². The van der Waals surface area contributed by atoms with Crippen LogP contribution in [0.15, 0.2) is 65.8 Å². The van der Waals surface area contributed by atoms with E-state index in [1.54, 1.807) is 13.0 Å². The van der Waals surface area contributed by atoms with Crippen LogP contribution in [-0.4, -0.2) is 18.2 Å². The molecule has 0 saturated carbocycles. The van der Waals surface area contributed by atoms with Gasteiger partial charge in [-0.05, 0) is 37.6 Å². The van der Waals surface area contributed by atoms with E-state index < -0.39 is 6.10 Å². The number of nitrogens with one attached hydrogen (secondary N) is 1. The van der Waals surface area contributed by atoms with Crippen molar-refractivity contribution in [2.24, 2.45) is 5.10 Å². The first-order valence-electron chi connectivity index (χ1n) is 7.43. The molecule has 0 fully saturated rings. The van der Waals surface area contributed by atoms with Crippen molar-refractivity contribution in [2.75, 3.05) is 0 Å². The molecule has 0 aromatic heterocycles. The van der Waals surface area contributed by atoms with Gasteiger partial charge >= 0.3 is 0 Å². The fourth-order valence-corrected chi connectivity index (χ4v) is 1.83. The van der Waals surface area contributed by atoms with E-state index in [-0.39, 0.29) is 5.91 Å². The summed E-state index contributed by atoms with van der Waals surface area (Å²) >= 11 is 0. The van der Waals surface area contributed by atoms with Gasteiger partial charge in [-0.25, -0.2) is 5.43 Å². The van der Waals surface area contributed by atoms with Gasteiger partial charge in [-0.15, -0.1) is 0 Å². The fourth-order valence-electron chi connectivity index (χ4n) is 1.83. The number of hydrogen-bond donors (Lipinski definition) is 1. The summed E-state index contributed by atoms with van der Waals surface area (Å²) in [6.45, 7) is 3.68. The molecule has 1 N–H and O–H groups in total. The molecular weight excluding hydrogens is 288 g/mol. The lowest BCUT2D eigenvalue weighted by Gasteiger charge is -2.12. The molecule has 0 bridgehead atoms. The molecular formula is C19H20N2O2. The van der Waals surface area contributed by atoms with Crippen molar-refractivity contribution >= 4 is 18.2 Å². The second kappa shape index (κ2) is 8.54. The summed E-state index contributed by atoms with van der Waals surface area (Å²) in [6, 6.07) is 17.4. The lowest BCUT2D eigenvalue weighted by atomic mass is 10.2. The summed E-state index contributed by atoms with van der Waals surface area (Å²) in [5.41, 5.74) is 4.67. The molecule has 0 aliphatic rings. The molecule has 0 spiro atoms. The largest absolute Gasteiger partial charge is 0.481 e. The van der Waals surface area contributed by atoms with Crippen molar-refractivity contribution in [1.29, 1.82) is 0 Å². The highest BCUT2D eigenvalue weighted by Crippen LogP contribution is 2.13. The van der Waals surface area contributed by atoms with Crippen molar-refractivity contribution in [3.63, 3.8) is 0 Å². The predicted octanol–water partition coefficient (Wildman–Crippen LogP) is 3.58. The van der Waals surface area contributed by atoms with E-state index in [1.165, 1.54) is 6.21 Å². The van der Waals surface area contributed by atoms with E-state index in [9.17, 15) is 4.79 Å². The molecule has 1 unspecified atom stereocenters. The molecule has 0 heterocycles. The number of nitrogens with zero attached hydrogens (tertiary/aromatic N) is 1. The third kappa shape index (κ3) is 5.79. The smallest absolute Gasteiger partial charge is 0.280 e. The first kappa shape index (κ1) is 16.5. The number of carbonyl (C=O) groups is 1. The number of allylic oxidation sites excluding steroid dienone is 1. The maximum absolute atomic E-state index is 11.9. The van der Waals surface area contributed by atoms with E-state index in [0.29, 0.717) is 5.75 Å². The number of amides is 1. The minimum absolute atomic E-state index is 0.296. The highest BCUT2D eigenvalue weighted by atomic mass is 16.5. The van der Waals surface area contributed by atoms with Crippen molar-refractivity contribution in [2.45, 2.75) is 20.0 Å². The molecule has 0 radical (unpaired) electrons. The second-order valence-corrected chi connectivity index (χ2v) is 5.10. The first-order valence-corrected chi connectivity index (χ1v) is 7.43. The van der Waals surface area contributed by atoms with Crippen LogP contribution in [0, 0.1) is 6.92 Å². The van der Waals surface area contributed by atoms with Gasteiger partial charge in [0.25, 0.3) is 5.91 Å². The summed E-state index contributed by atoms with van der Waals surface area (Å²) in [4.78, 5) is 11.9. The third-order valence-corrected chi connectivity index (χ3v) is 3.13. The monoisotopic (exact) mass is 308 g/mol. The summed E-state index contributed by atoms with van der Waals surface area (Å²) in [5.74, 6) is 0.362. The molecule has 2 aromatic carbocycles. The molecule has 2 rings (SSSR count). The van der Waals surface area contributed by atoms with Crippen LogP contribution in [0.5, 0.6) is 5.75 Å². The van der Waals surface area contributed by atoms with E-state index >= 15 is 0 Å². The van der Waals surface area contributed by atoms with Crippen molar-refractivity contribution in [3.8, 4) is 5.75 Å². The van der Waals surface area contributed by atoms with Crippen LogP contribution < -0.4 is 10.2 Å². The number of benzene rings is 2. The zero-order chi connectivity index (χ0) is 16.5. The first-order chi connectivity index (χ1) is 11.1. The van der Waals surface area contributed by atoms with E-state index in [0.717, 1.165) is 11.1 Å². The average Bonchev–Trinajstić information content (AvgIpc) is 2.57. The molecule has 4 heteroatoms. The van der Waals surface area contributed by atoms with Crippen molar-refractivity contribution < 1.29 is 9.53 Å². The lowest BCUT2D eigenvalue weighted by molar-refractivity contribution is -0.127. The molecule has 1 amide bonds. The van der Waals surface area contributed by atoms with Gasteiger partial charge in [-0.3, -0.25) is 4.79 Å². The van der Waals surface area contributed by atoms with Crippen molar-refractivity contribution in [3.05, 3.63) is 71.8 Å². The van der Waals surface area contributed by atoms with Gasteiger partial charge in [0.1, 0.15) is 5.75 Å². The number of carbonyl (C=O) groups excluding carboxylic acids is 1. The van der Waals surface area contributed by atoms with Crippen LogP contribution in [0.25, 0.3) is 6.08 Å². The number of hydrazone groups is 1. The van der Waals surface area contributed by atoms with Crippen LogP contribution in [0.2, 0.25) is 0 Å². The molecule has 2 aromatic rings. The quantitative estimate of drug-likeness (QED) is 0.655. The third-order valence-electron chi connectivity index (χ3n) is 3.13. The zero-order valence-electron chi connectivity index (χ0n) is 13.3. The maximum Gasteiger partial charge on any atom is 0.280 e. The molecule has 1 atom stereocenters. The van der Waals surface area contributed by atoms with Gasteiger partial charge in [0.15, 0.2) is 6.10 Å². The Labute approximate surface area is 136 Å². The number of ether oxygens (including phenoxy) is 1. The zero-order valence-corrected chi connectivity index (χ0v) is 13.3. The summed E-state index contributed by atoms with van der Waals surface area (Å²) in [5, 5.41) is 3.87. The summed E-state index contributed by atoms with van der Waals surface area (Å²) in [7, 11) is 0. The van der Waals surface area contributed by atoms with Gasteiger partial charge in [0.05, 0.1) is 0 Å². The average molecular weight is 308 g/mol. The van der Waals surface area contributed by atoms with Crippen molar-refractivity contribution in [1.82, 2.24) is 5.43 Å². The highest BCUT2D eigenvalue weighted by molar-refractivity contribution is 5.83. The van der Waals surface area contributed by atoms with E-state index in [2.05, 4.69) is 10.5 Å².